The zero-order chi connectivity index (χ0) is 41.8. The SMILES string of the molecule is COC(=O)N1c2ccc(OC)cc2C23CCN4C(=O)C=CC45CCC12C(C5)C(=O)OC12CCN4C(=O)C=CC45CCC1(C(C5)C(=O)O3)N(C(=O)OC)c1ccc(OC)cc12. The summed E-state index contributed by atoms with van der Waals surface area (Å²) in [7, 11) is 5.54. The smallest absolute Gasteiger partial charge is 0.414 e. The van der Waals surface area contributed by atoms with Crippen molar-refractivity contribution in [1.82, 2.24) is 9.80 Å². The van der Waals surface area contributed by atoms with Gasteiger partial charge in [-0.3, -0.25) is 29.0 Å². The number of rotatable bonds is 2. The van der Waals surface area contributed by atoms with Crippen LogP contribution in [0.15, 0.2) is 60.7 Å². The average Bonchev–Trinajstić information content (AvgIpc) is 3.86. The van der Waals surface area contributed by atoms with Crippen LogP contribution in [0.3, 0.4) is 0 Å². The highest BCUT2D eigenvalue weighted by Crippen LogP contribution is 2.70. The molecule has 13 rings (SSSR count). The van der Waals surface area contributed by atoms with Crippen molar-refractivity contribution in [3.05, 3.63) is 71.8 Å². The number of hydrogen-bond acceptors (Lipinski definition) is 12. The summed E-state index contributed by atoms with van der Waals surface area (Å²) in [6, 6.07) is 10.2. The quantitative estimate of drug-likeness (QED) is 0.313. The fourth-order valence-corrected chi connectivity index (χ4v) is 13.6. The third kappa shape index (κ3) is 3.98. The second-order valence-electron chi connectivity index (χ2n) is 17.6. The Balaban J connectivity index is 1.25. The van der Waals surface area contributed by atoms with Gasteiger partial charge in [0.15, 0.2) is 11.2 Å². The van der Waals surface area contributed by atoms with Gasteiger partial charge in [-0.15, -0.1) is 0 Å². The number of amides is 4. The van der Waals surface area contributed by atoms with E-state index in [1.165, 1.54) is 50.4 Å². The summed E-state index contributed by atoms with van der Waals surface area (Å²) in [5.74, 6) is -3.59. The normalized spacial score (nSPS) is 37.3. The summed E-state index contributed by atoms with van der Waals surface area (Å²) < 4.78 is 37.2. The molecule has 2 aromatic carbocycles. The topological polar surface area (TPSA) is 171 Å². The predicted molar refractivity (Wildman–Crippen MR) is 208 cm³/mol. The average molecular weight is 821 g/mol. The first-order valence-electron chi connectivity index (χ1n) is 20.5. The van der Waals surface area contributed by atoms with Crippen molar-refractivity contribution >= 4 is 47.3 Å². The lowest BCUT2D eigenvalue weighted by molar-refractivity contribution is -0.229. The molecule has 7 fully saturated rings. The van der Waals surface area contributed by atoms with Gasteiger partial charge in [0.2, 0.25) is 11.8 Å². The van der Waals surface area contributed by atoms with Gasteiger partial charge < -0.3 is 38.2 Å². The van der Waals surface area contributed by atoms with Gasteiger partial charge in [-0.2, -0.15) is 0 Å². The molecule has 8 bridgehead atoms. The minimum absolute atomic E-state index is 0.00991. The molecule has 4 amide bonds. The van der Waals surface area contributed by atoms with E-state index in [1.54, 1.807) is 46.2 Å². The van der Waals surface area contributed by atoms with E-state index in [0.717, 1.165) is 0 Å². The lowest BCUT2D eigenvalue weighted by Gasteiger charge is -2.64. The molecule has 9 aliphatic heterocycles. The Morgan fingerprint density at radius 3 is 1.40 bits per heavy atom. The molecule has 9 heterocycles. The molecule has 11 aliphatic rings. The first-order chi connectivity index (χ1) is 28.8. The van der Waals surface area contributed by atoms with Crippen LogP contribution in [-0.2, 0) is 49.3 Å². The lowest BCUT2D eigenvalue weighted by Crippen LogP contribution is -2.77. The van der Waals surface area contributed by atoms with Crippen LogP contribution >= 0.6 is 0 Å². The molecule has 8 atom stereocenters. The first-order valence-corrected chi connectivity index (χ1v) is 20.5. The minimum Gasteiger partial charge on any atom is -0.497 e. The highest BCUT2D eigenvalue weighted by atomic mass is 16.6. The van der Waals surface area contributed by atoms with Crippen LogP contribution in [0.5, 0.6) is 11.5 Å². The monoisotopic (exact) mass is 820 g/mol. The highest BCUT2D eigenvalue weighted by molar-refractivity contribution is 6.01. The number of anilines is 2. The molecule has 16 heteroatoms. The van der Waals surface area contributed by atoms with Gasteiger partial charge >= 0.3 is 24.1 Å². The van der Waals surface area contributed by atoms with Gasteiger partial charge in [0.05, 0.1) is 62.7 Å². The van der Waals surface area contributed by atoms with Crippen molar-refractivity contribution in [3.63, 3.8) is 0 Å². The summed E-state index contributed by atoms with van der Waals surface area (Å²) in [5.41, 5.74) is -7.12. The zero-order valence-electron chi connectivity index (χ0n) is 33.7. The number of esters is 2. The van der Waals surface area contributed by atoms with E-state index in [0.29, 0.717) is 46.8 Å². The zero-order valence-corrected chi connectivity index (χ0v) is 33.7. The van der Waals surface area contributed by atoms with Gasteiger partial charge in [-0.05, 0) is 74.9 Å². The fourth-order valence-electron chi connectivity index (χ4n) is 13.6. The standard InChI is InChI=1S/C44H44N4O12/c1-55-25-5-7-31-27(21-25)43-17-19-45-33(49)9-11-39(45)13-15-41(43,47(31)37(53)57-3)29(23-39)36(52)60-44-18-20-46-34(50)10-12-40(46)14-16-42(44,30(24-40)35(51)59-43)48(38(54)58-4)32-8-6-26(56-2)22-28(32)44/h5-12,21-22,29-30H,13-20,23-24H2,1-4H3. The number of hydrogen-bond donors (Lipinski definition) is 0. The summed E-state index contributed by atoms with van der Waals surface area (Å²) in [5, 5.41) is 0. The highest BCUT2D eigenvalue weighted by Gasteiger charge is 2.80. The molecule has 5 saturated heterocycles. The van der Waals surface area contributed by atoms with Gasteiger partial charge in [0.1, 0.15) is 22.6 Å². The molecule has 0 radical (unpaired) electrons. The van der Waals surface area contributed by atoms with Crippen molar-refractivity contribution in [1.29, 1.82) is 0 Å². The van der Waals surface area contributed by atoms with Crippen LogP contribution in [0.25, 0.3) is 0 Å². The number of nitrogens with zero attached hydrogens (tertiary/aromatic N) is 4. The second kappa shape index (κ2) is 11.8. The second-order valence-corrected chi connectivity index (χ2v) is 17.6. The third-order valence-corrected chi connectivity index (χ3v) is 16.0. The predicted octanol–water partition coefficient (Wildman–Crippen LogP) is 4.23. The number of benzene rings is 2. The Kier molecular flexibility index (Phi) is 7.28. The number of ether oxygens (including phenoxy) is 6. The third-order valence-electron chi connectivity index (χ3n) is 16.0. The molecular formula is C44H44N4O12. The molecule has 0 N–H and O–H groups in total. The molecule has 2 saturated carbocycles. The first kappa shape index (κ1) is 37.0. The molecular weight excluding hydrogens is 776 g/mol. The maximum Gasteiger partial charge on any atom is 0.414 e. The van der Waals surface area contributed by atoms with Crippen LogP contribution in [-0.4, -0.2) is 109 Å². The Morgan fingerprint density at radius 1 is 0.600 bits per heavy atom. The number of carbonyl (C=O) groups is 6. The van der Waals surface area contributed by atoms with Crippen LogP contribution < -0.4 is 19.3 Å². The fraction of sp³-hybridized carbons (Fsp3) is 0.500. The maximum absolute atomic E-state index is 16.3. The number of carbonyl (C=O) groups excluding carboxylic acids is 6. The van der Waals surface area contributed by atoms with Crippen LogP contribution in [0, 0.1) is 11.8 Å². The number of fused-ring (bicyclic) bond motifs is 6. The van der Waals surface area contributed by atoms with Gasteiger partial charge in [-0.1, -0.05) is 12.2 Å². The van der Waals surface area contributed by atoms with Crippen LogP contribution in [0.2, 0.25) is 0 Å². The summed E-state index contributed by atoms with van der Waals surface area (Å²) in [6.07, 6.45) is 6.08. The summed E-state index contributed by atoms with van der Waals surface area (Å²) in [4.78, 5) is 95.6. The minimum atomic E-state index is -1.79. The van der Waals surface area contributed by atoms with E-state index in [9.17, 15) is 19.2 Å². The van der Waals surface area contributed by atoms with E-state index >= 15 is 9.59 Å². The largest absolute Gasteiger partial charge is 0.497 e. The summed E-state index contributed by atoms with van der Waals surface area (Å²) in [6.45, 7) is 0.227. The molecule has 312 valence electrons. The van der Waals surface area contributed by atoms with Gasteiger partial charge in [-0.25, -0.2) is 9.59 Å². The Morgan fingerprint density at radius 2 is 1.02 bits per heavy atom. The van der Waals surface area contributed by atoms with Gasteiger partial charge in [0.25, 0.3) is 0 Å². The molecule has 8 unspecified atom stereocenters. The van der Waals surface area contributed by atoms with Crippen molar-refractivity contribution in [2.45, 2.75) is 84.7 Å². The van der Waals surface area contributed by atoms with Crippen molar-refractivity contribution < 1.29 is 57.2 Å². The Bertz CT molecular complexity index is 2270. The molecule has 4 spiro atoms. The van der Waals surface area contributed by atoms with E-state index in [2.05, 4.69) is 0 Å². The Hall–Kier alpha value is -6.06. The Labute approximate surface area is 344 Å². The molecule has 16 nitrogen and oxygen atoms in total. The van der Waals surface area contributed by atoms with E-state index < -0.39 is 69.3 Å². The molecule has 60 heavy (non-hydrogen) atoms. The van der Waals surface area contributed by atoms with Crippen LogP contribution in [0.4, 0.5) is 21.0 Å². The molecule has 0 aromatic heterocycles. The molecule has 2 aliphatic carbocycles. The van der Waals surface area contributed by atoms with Crippen molar-refractivity contribution in [2.24, 2.45) is 11.8 Å². The van der Waals surface area contributed by atoms with Crippen molar-refractivity contribution in [2.75, 3.05) is 51.3 Å². The van der Waals surface area contributed by atoms with Gasteiger partial charge in [0, 0.05) is 49.2 Å². The lowest BCUT2D eigenvalue weighted by atomic mass is 9.54. The summed E-state index contributed by atoms with van der Waals surface area (Å²) >= 11 is 0. The van der Waals surface area contributed by atoms with E-state index in [1.807, 2.05) is 12.2 Å². The molecule has 2 aromatic rings. The van der Waals surface area contributed by atoms with Crippen LogP contribution in [0.1, 0.15) is 62.5 Å². The van der Waals surface area contributed by atoms with E-state index in [-0.39, 0.29) is 63.4 Å². The van der Waals surface area contributed by atoms with E-state index in [4.69, 9.17) is 28.4 Å². The number of methoxy groups -OCH3 is 4. The maximum atomic E-state index is 16.3. The van der Waals surface area contributed by atoms with Crippen molar-refractivity contribution in [3.8, 4) is 11.5 Å².